The van der Waals surface area contributed by atoms with Crippen LogP contribution in [0.15, 0.2) is 18.2 Å². The minimum absolute atomic E-state index is 0.00756. The Morgan fingerprint density at radius 3 is 1.85 bits per heavy atom. The van der Waals surface area contributed by atoms with Crippen LogP contribution >= 0.6 is 0 Å². The summed E-state index contributed by atoms with van der Waals surface area (Å²) in [4.78, 5) is 49.0. The largest absolute Gasteiger partial charge is 0.514 e. The lowest BCUT2D eigenvalue weighted by molar-refractivity contribution is -0.166. The first-order chi connectivity index (χ1) is 17.9. The molecule has 0 heterocycles. The van der Waals surface area contributed by atoms with Gasteiger partial charge in [-0.15, -0.1) is 0 Å². The van der Waals surface area contributed by atoms with Crippen LogP contribution < -0.4 is 15.2 Å². The summed E-state index contributed by atoms with van der Waals surface area (Å²) in [6.07, 6.45) is -1.51. The Morgan fingerprint density at radius 2 is 1.33 bits per heavy atom. The van der Waals surface area contributed by atoms with Crippen molar-refractivity contribution in [2.45, 2.75) is 117 Å². The molecule has 0 aliphatic heterocycles. The molecule has 39 heavy (non-hydrogen) atoms. The molecule has 0 aliphatic carbocycles. The molecule has 11 heteroatoms. The quantitative estimate of drug-likeness (QED) is 0.218. The van der Waals surface area contributed by atoms with E-state index < -0.39 is 47.7 Å². The van der Waals surface area contributed by atoms with Gasteiger partial charge in [-0.05, 0) is 85.9 Å². The number of ether oxygens (including phenoxy) is 6. The van der Waals surface area contributed by atoms with E-state index in [0.717, 1.165) is 6.42 Å². The van der Waals surface area contributed by atoms with Crippen LogP contribution in [-0.2, 0) is 35.0 Å². The molecular weight excluding hydrogens is 510 g/mol. The first-order valence-corrected chi connectivity index (χ1v) is 13.0. The topological polar surface area (TPSA) is 150 Å². The standard InChI is InChI=1S/C28H43NO10/c1-10-11-12-23(30)34-17(2)18(3)35-24(31)20(29)15-19-13-14-21(36-25(32)38-27(4,5)6)22(16-19)37-26(33)39-28(7,8)9/h13-14,16-18,20H,10-12,15,29H2,1-9H3/t17-,18-,20-/m0/s1. The fourth-order valence-corrected chi connectivity index (χ4v) is 2.95. The van der Waals surface area contributed by atoms with Crippen molar-refractivity contribution in [1.82, 2.24) is 0 Å². The zero-order valence-electron chi connectivity index (χ0n) is 24.5. The molecule has 0 saturated carbocycles. The van der Waals surface area contributed by atoms with Gasteiger partial charge in [-0.2, -0.15) is 0 Å². The Hall–Kier alpha value is -3.34. The van der Waals surface area contributed by atoms with Crippen molar-refractivity contribution in [1.29, 1.82) is 0 Å². The molecular formula is C28H43NO10. The second-order valence-corrected chi connectivity index (χ2v) is 11.2. The second-order valence-electron chi connectivity index (χ2n) is 11.2. The highest BCUT2D eigenvalue weighted by Gasteiger charge is 2.26. The van der Waals surface area contributed by atoms with E-state index in [0.29, 0.717) is 18.4 Å². The molecule has 1 aromatic rings. The average molecular weight is 554 g/mol. The van der Waals surface area contributed by atoms with E-state index in [1.807, 2.05) is 6.92 Å². The van der Waals surface area contributed by atoms with Crippen LogP contribution in [0.1, 0.15) is 87.1 Å². The van der Waals surface area contributed by atoms with E-state index in [1.54, 1.807) is 61.5 Å². The smallest absolute Gasteiger partial charge is 0.459 e. The summed E-state index contributed by atoms with van der Waals surface area (Å²) in [5.41, 5.74) is 4.92. The molecule has 0 unspecified atom stereocenters. The molecule has 3 atom stereocenters. The Bertz CT molecular complexity index is 993. The molecule has 0 saturated heterocycles. The normalized spacial score (nSPS) is 13.9. The van der Waals surface area contributed by atoms with Gasteiger partial charge in [-0.25, -0.2) is 9.59 Å². The number of hydrogen-bond acceptors (Lipinski definition) is 11. The van der Waals surface area contributed by atoms with Gasteiger partial charge in [0.15, 0.2) is 11.5 Å². The Kier molecular flexibility index (Phi) is 12.7. The number of hydrogen-bond donors (Lipinski definition) is 1. The maximum Gasteiger partial charge on any atom is 0.514 e. The fraction of sp³-hybridized carbons (Fsp3) is 0.643. The Morgan fingerprint density at radius 1 is 0.821 bits per heavy atom. The van der Waals surface area contributed by atoms with Crippen molar-refractivity contribution >= 4 is 24.2 Å². The highest BCUT2D eigenvalue weighted by atomic mass is 16.8. The van der Waals surface area contributed by atoms with Crippen LogP contribution in [0.4, 0.5) is 9.59 Å². The van der Waals surface area contributed by atoms with E-state index in [4.69, 9.17) is 34.2 Å². The molecule has 0 aromatic heterocycles. The molecule has 1 aromatic carbocycles. The molecule has 220 valence electrons. The number of benzene rings is 1. The van der Waals surface area contributed by atoms with E-state index in [-0.39, 0.29) is 23.9 Å². The summed E-state index contributed by atoms with van der Waals surface area (Å²) < 4.78 is 31.6. The van der Waals surface area contributed by atoms with Crippen molar-refractivity contribution in [2.75, 3.05) is 0 Å². The summed E-state index contributed by atoms with van der Waals surface area (Å²) in [5, 5.41) is 0. The van der Waals surface area contributed by atoms with Gasteiger partial charge in [0.2, 0.25) is 0 Å². The summed E-state index contributed by atoms with van der Waals surface area (Å²) in [6.45, 7) is 15.2. The van der Waals surface area contributed by atoms with Gasteiger partial charge in [0.1, 0.15) is 29.5 Å². The lowest BCUT2D eigenvalue weighted by Gasteiger charge is -2.23. The maximum absolute atomic E-state index is 12.6. The van der Waals surface area contributed by atoms with Gasteiger partial charge in [0.05, 0.1) is 0 Å². The van der Waals surface area contributed by atoms with Crippen LogP contribution in [0.25, 0.3) is 0 Å². The van der Waals surface area contributed by atoms with Gasteiger partial charge in [0.25, 0.3) is 0 Å². The molecule has 0 spiro atoms. The number of carbonyl (C=O) groups excluding carboxylic acids is 4. The van der Waals surface area contributed by atoms with Gasteiger partial charge >= 0.3 is 24.2 Å². The summed E-state index contributed by atoms with van der Waals surface area (Å²) in [7, 11) is 0. The SMILES string of the molecule is CCCCC(=O)O[C@@H](C)[C@H](C)OC(=O)[C@@H](N)Cc1ccc(OC(=O)OC(C)(C)C)c(OC(=O)OC(C)(C)C)c1. The van der Waals surface area contributed by atoms with Crippen molar-refractivity contribution in [3.05, 3.63) is 23.8 Å². The van der Waals surface area contributed by atoms with Crippen molar-refractivity contribution in [3.63, 3.8) is 0 Å². The summed E-state index contributed by atoms with van der Waals surface area (Å²) in [6, 6.07) is 3.26. The van der Waals surface area contributed by atoms with Crippen molar-refractivity contribution in [2.24, 2.45) is 5.73 Å². The van der Waals surface area contributed by atoms with Crippen molar-refractivity contribution < 1.29 is 47.6 Å². The predicted octanol–water partition coefficient (Wildman–Crippen LogP) is 5.24. The third-order valence-electron chi connectivity index (χ3n) is 4.95. The first kappa shape index (κ1) is 33.7. The molecule has 2 N–H and O–H groups in total. The Balaban J connectivity index is 2.97. The second kappa shape index (κ2) is 14.7. The molecule has 0 radical (unpaired) electrons. The third-order valence-corrected chi connectivity index (χ3v) is 4.95. The monoisotopic (exact) mass is 553 g/mol. The molecule has 0 aliphatic rings. The number of carbonyl (C=O) groups is 4. The first-order valence-electron chi connectivity index (χ1n) is 13.0. The maximum atomic E-state index is 12.6. The number of rotatable bonds is 11. The summed E-state index contributed by atoms with van der Waals surface area (Å²) >= 11 is 0. The molecule has 1 rings (SSSR count). The molecule has 0 amide bonds. The lowest BCUT2D eigenvalue weighted by Crippen LogP contribution is -2.39. The van der Waals surface area contributed by atoms with Crippen LogP contribution in [0.5, 0.6) is 11.5 Å². The van der Waals surface area contributed by atoms with Crippen LogP contribution in [0.3, 0.4) is 0 Å². The van der Waals surface area contributed by atoms with E-state index >= 15 is 0 Å². The van der Waals surface area contributed by atoms with E-state index in [1.165, 1.54) is 12.1 Å². The van der Waals surface area contributed by atoms with E-state index in [9.17, 15) is 19.2 Å². The summed E-state index contributed by atoms with van der Waals surface area (Å²) in [5.74, 6) is -1.29. The van der Waals surface area contributed by atoms with E-state index in [2.05, 4.69) is 0 Å². The molecule has 11 nitrogen and oxygen atoms in total. The van der Waals surface area contributed by atoms with Crippen molar-refractivity contribution in [3.8, 4) is 11.5 Å². The van der Waals surface area contributed by atoms with Crippen LogP contribution in [-0.4, -0.2) is 53.7 Å². The third kappa shape index (κ3) is 13.9. The predicted molar refractivity (Wildman–Crippen MR) is 142 cm³/mol. The fourth-order valence-electron chi connectivity index (χ4n) is 2.95. The molecule has 0 bridgehead atoms. The zero-order chi connectivity index (χ0) is 30.0. The number of esters is 2. The number of unbranched alkanes of at least 4 members (excludes halogenated alkanes) is 1. The van der Waals surface area contributed by atoms with Gasteiger partial charge in [-0.1, -0.05) is 19.4 Å². The van der Waals surface area contributed by atoms with Gasteiger partial charge < -0.3 is 34.2 Å². The minimum atomic E-state index is -1.08. The zero-order valence-corrected chi connectivity index (χ0v) is 24.5. The van der Waals surface area contributed by atoms with Crippen LogP contribution in [0, 0.1) is 0 Å². The van der Waals surface area contributed by atoms with Gasteiger partial charge in [-0.3, -0.25) is 9.59 Å². The highest BCUT2D eigenvalue weighted by Crippen LogP contribution is 2.31. The average Bonchev–Trinajstić information content (AvgIpc) is 2.76. The van der Waals surface area contributed by atoms with Gasteiger partial charge in [0, 0.05) is 6.42 Å². The minimum Gasteiger partial charge on any atom is -0.459 e. The Labute approximate surface area is 230 Å². The number of nitrogens with two attached hydrogens (primary N) is 1. The van der Waals surface area contributed by atoms with Crippen LogP contribution in [0.2, 0.25) is 0 Å². The highest BCUT2D eigenvalue weighted by molar-refractivity contribution is 5.76. The lowest BCUT2D eigenvalue weighted by atomic mass is 10.1. The molecule has 0 fully saturated rings.